The Hall–Kier alpha value is -4.41. The van der Waals surface area contributed by atoms with Crippen molar-refractivity contribution in [3.63, 3.8) is 0 Å². The zero-order valence-corrected chi connectivity index (χ0v) is 23.9. The van der Waals surface area contributed by atoms with Gasteiger partial charge in [-0.2, -0.15) is 5.10 Å². The molecule has 7 rings (SSSR count). The molecule has 11 heteroatoms. The average Bonchev–Trinajstić information content (AvgIpc) is 3.57. The number of amides is 1. The monoisotopic (exact) mass is 628 g/mol. The Labute approximate surface area is 246 Å². The molecular formula is C30H22BrClN6O3. The van der Waals surface area contributed by atoms with Crippen molar-refractivity contribution < 1.29 is 9.32 Å². The molecule has 4 heterocycles. The summed E-state index contributed by atoms with van der Waals surface area (Å²) >= 11 is 9.64. The van der Waals surface area contributed by atoms with Gasteiger partial charge in [-0.1, -0.05) is 47.1 Å². The topological polar surface area (TPSA) is 112 Å². The number of hydrogen-bond donors (Lipinski definition) is 1. The van der Waals surface area contributed by atoms with Gasteiger partial charge in [-0.15, -0.1) is 0 Å². The standard InChI is InChI=1S/C30H22BrClN6O3/c31-23-9-6-18(13-24(23)32)29(39)36-11-10-21-25(16-36)38-28(19(15-34-38)12-17-4-2-1-3-5-17)37(30(21)40)20-7-8-22-26(14-20)41-35-27(22)33/h1-9,13-15H,10-12,16H2,(H2,33,35). The van der Waals surface area contributed by atoms with Crippen molar-refractivity contribution in [1.29, 1.82) is 0 Å². The summed E-state index contributed by atoms with van der Waals surface area (Å²) in [5.41, 5.74) is 11.2. The molecule has 2 N–H and O–H groups in total. The summed E-state index contributed by atoms with van der Waals surface area (Å²) in [5.74, 6) is 0.132. The van der Waals surface area contributed by atoms with Crippen LogP contribution in [0.2, 0.25) is 5.02 Å². The van der Waals surface area contributed by atoms with Crippen LogP contribution in [0.15, 0.2) is 86.7 Å². The minimum absolute atomic E-state index is 0.159. The third-order valence-corrected chi connectivity index (χ3v) is 8.73. The van der Waals surface area contributed by atoms with Crippen LogP contribution in [0.3, 0.4) is 0 Å². The van der Waals surface area contributed by atoms with Crippen LogP contribution in [0, 0.1) is 0 Å². The summed E-state index contributed by atoms with van der Waals surface area (Å²) < 4.78 is 9.60. The molecular weight excluding hydrogens is 608 g/mol. The van der Waals surface area contributed by atoms with E-state index < -0.39 is 0 Å². The van der Waals surface area contributed by atoms with Crippen LogP contribution in [-0.4, -0.2) is 36.7 Å². The second-order valence-corrected chi connectivity index (χ2v) is 11.2. The number of carbonyl (C=O) groups is 1. The largest absolute Gasteiger partial charge is 0.380 e. The Morgan fingerprint density at radius 3 is 2.73 bits per heavy atom. The maximum atomic E-state index is 14.2. The Kier molecular flexibility index (Phi) is 6.17. The van der Waals surface area contributed by atoms with Crippen LogP contribution < -0.4 is 11.3 Å². The Balaban J connectivity index is 1.39. The quantitative estimate of drug-likeness (QED) is 0.279. The van der Waals surface area contributed by atoms with Crippen LogP contribution in [0.1, 0.15) is 32.7 Å². The van der Waals surface area contributed by atoms with E-state index in [0.29, 0.717) is 69.4 Å². The zero-order valence-electron chi connectivity index (χ0n) is 21.6. The van der Waals surface area contributed by atoms with Gasteiger partial charge < -0.3 is 15.2 Å². The molecule has 0 atom stereocenters. The van der Waals surface area contributed by atoms with Gasteiger partial charge in [-0.3, -0.25) is 14.2 Å². The van der Waals surface area contributed by atoms with Gasteiger partial charge in [0.1, 0.15) is 5.65 Å². The highest BCUT2D eigenvalue weighted by molar-refractivity contribution is 9.10. The van der Waals surface area contributed by atoms with Crippen molar-refractivity contribution in [3.05, 3.63) is 121 Å². The number of anilines is 1. The molecule has 3 aromatic heterocycles. The lowest BCUT2D eigenvalue weighted by Gasteiger charge is -2.29. The van der Waals surface area contributed by atoms with Gasteiger partial charge in [0.05, 0.1) is 34.5 Å². The molecule has 0 spiro atoms. The highest BCUT2D eigenvalue weighted by Crippen LogP contribution is 2.29. The first-order valence-electron chi connectivity index (χ1n) is 13.0. The summed E-state index contributed by atoms with van der Waals surface area (Å²) in [6, 6.07) is 20.5. The normalized spacial score (nSPS) is 13.2. The third kappa shape index (κ3) is 4.30. The number of nitrogen functional groups attached to an aromatic ring is 1. The van der Waals surface area contributed by atoms with Crippen molar-refractivity contribution in [2.24, 2.45) is 0 Å². The van der Waals surface area contributed by atoms with Crippen LogP contribution in [0.25, 0.3) is 22.3 Å². The van der Waals surface area contributed by atoms with Crippen molar-refractivity contribution in [3.8, 4) is 5.69 Å². The maximum absolute atomic E-state index is 14.2. The molecule has 0 unspecified atom stereocenters. The molecule has 0 aliphatic carbocycles. The number of nitrogens with two attached hydrogens (primary N) is 1. The number of carbonyl (C=O) groups excluding carboxylic acids is 1. The lowest BCUT2D eigenvalue weighted by atomic mass is 10.0. The van der Waals surface area contributed by atoms with E-state index in [0.717, 1.165) is 15.6 Å². The Morgan fingerprint density at radius 1 is 1.10 bits per heavy atom. The number of nitrogens with zero attached hydrogens (tertiary/aromatic N) is 5. The van der Waals surface area contributed by atoms with Crippen LogP contribution in [0.5, 0.6) is 0 Å². The first-order valence-corrected chi connectivity index (χ1v) is 14.1. The second kappa shape index (κ2) is 9.90. The van der Waals surface area contributed by atoms with Crippen LogP contribution in [0.4, 0.5) is 5.82 Å². The molecule has 0 fully saturated rings. The minimum atomic E-state index is -0.160. The molecule has 41 heavy (non-hydrogen) atoms. The van der Waals surface area contributed by atoms with Crippen molar-refractivity contribution in [2.75, 3.05) is 12.3 Å². The Morgan fingerprint density at radius 2 is 1.93 bits per heavy atom. The highest BCUT2D eigenvalue weighted by atomic mass is 79.9. The SMILES string of the molecule is Nc1noc2cc(-n3c(=O)c4c(n5ncc(Cc6ccccc6)c35)CN(C(=O)c3ccc(Br)c(Cl)c3)CC4)ccc12. The molecule has 9 nitrogen and oxygen atoms in total. The first-order chi connectivity index (χ1) is 19.9. The summed E-state index contributed by atoms with van der Waals surface area (Å²) in [6.45, 7) is 0.620. The van der Waals surface area contributed by atoms with Gasteiger partial charge in [0.15, 0.2) is 11.4 Å². The van der Waals surface area contributed by atoms with Crippen molar-refractivity contribution >= 4 is 55.9 Å². The first kappa shape index (κ1) is 25.6. The molecule has 0 bridgehead atoms. The lowest BCUT2D eigenvalue weighted by molar-refractivity contribution is 0.0729. The predicted molar refractivity (Wildman–Crippen MR) is 160 cm³/mol. The van der Waals surface area contributed by atoms with E-state index in [1.165, 1.54) is 0 Å². The minimum Gasteiger partial charge on any atom is -0.380 e. The van der Waals surface area contributed by atoms with E-state index in [1.54, 1.807) is 50.5 Å². The Bertz CT molecular complexity index is 2050. The van der Waals surface area contributed by atoms with E-state index in [2.05, 4.69) is 21.1 Å². The number of aromatic nitrogens is 4. The maximum Gasteiger partial charge on any atom is 0.261 e. The molecule has 204 valence electrons. The van der Waals surface area contributed by atoms with E-state index >= 15 is 0 Å². The highest BCUT2D eigenvalue weighted by Gasteiger charge is 2.29. The summed E-state index contributed by atoms with van der Waals surface area (Å²) in [7, 11) is 0. The number of fused-ring (bicyclic) bond motifs is 4. The molecule has 1 amide bonds. The fourth-order valence-corrected chi connectivity index (χ4v) is 5.89. The van der Waals surface area contributed by atoms with Gasteiger partial charge in [-0.05, 0) is 58.2 Å². The van der Waals surface area contributed by atoms with Gasteiger partial charge in [0, 0.05) is 40.2 Å². The molecule has 3 aromatic carbocycles. The summed E-state index contributed by atoms with van der Waals surface area (Å²) in [6.07, 6.45) is 2.74. The van der Waals surface area contributed by atoms with Gasteiger partial charge >= 0.3 is 0 Å². The molecule has 1 aliphatic rings. The van der Waals surface area contributed by atoms with Gasteiger partial charge in [0.25, 0.3) is 11.5 Å². The molecule has 0 saturated heterocycles. The predicted octanol–water partition coefficient (Wildman–Crippen LogP) is 5.41. The molecule has 0 radical (unpaired) electrons. The second-order valence-electron chi connectivity index (χ2n) is 9.99. The smallest absolute Gasteiger partial charge is 0.261 e. The fraction of sp³-hybridized carbons (Fsp3) is 0.133. The van der Waals surface area contributed by atoms with E-state index in [4.69, 9.17) is 27.0 Å². The van der Waals surface area contributed by atoms with E-state index in [-0.39, 0.29) is 18.0 Å². The van der Waals surface area contributed by atoms with Crippen molar-refractivity contribution in [2.45, 2.75) is 19.4 Å². The lowest BCUT2D eigenvalue weighted by Crippen LogP contribution is -2.41. The zero-order chi connectivity index (χ0) is 28.2. The van der Waals surface area contributed by atoms with Crippen molar-refractivity contribution in [1.82, 2.24) is 24.2 Å². The van der Waals surface area contributed by atoms with Gasteiger partial charge in [-0.25, -0.2) is 4.52 Å². The average molecular weight is 630 g/mol. The summed E-state index contributed by atoms with van der Waals surface area (Å²) in [5, 5.41) is 9.75. The van der Waals surface area contributed by atoms with Gasteiger partial charge in [0.2, 0.25) is 0 Å². The number of halogens is 2. The number of benzene rings is 3. The molecule has 1 aliphatic heterocycles. The van der Waals surface area contributed by atoms with Crippen LogP contribution in [-0.2, 0) is 19.4 Å². The van der Waals surface area contributed by atoms with E-state index in [9.17, 15) is 9.59 Å². The van der Waals surface area contributed by atoms with E-state index in [1.807, 2.05) is 36.4 Å². The third-order valence-electron chi connectivity index (χ3n) is 7.50. The molecule has 0 saturated carbocycles. The summed E-state index contributed by atoms with van der Waals surface area (Å²) in [4.78, 5) is 29.4. The fourth-order valence-electron chi connectivity index (χ4n) is 5.46. The number of hydrogen-bond acceptors (Lipinski definition) is 6. The number of rotatable bonds is 4. The van der Waals surface area contributed by atoms with Crippen LogP contribution >= 0.6 is 27.5 Å². The molecule has 6 aromatic rings.